The maximum absolute atomic E-state index is 13.5. The first-order valence-electron chi connectivity index (χ1n) is 10.6. The third-order valence-electron chi connectivity index (χ3n) is 5.42. The Bertz CT molecular complexity index is 1660. The molecule has 182 valence electrons. The summed E-state index contributed by atoms with van der Waals surface area (Å²) in [6.07, 6.45) is -4.64. The van der Waals surface area contributed by atoms with Crippen LogP contribution in [0.5, 0.6) is 0 Å². The van der Waals surface area contributed by atoms with Gasteiger partial charge in [-0.3, -0.25) is 14.2 Å². The Balaban J connectivity index is 1.53. The number of benzene rings is 3. The van der Waals surface area contributed by atoms with Crippen molar-refractivity contribution in [1.29, 1.82) is 0 Å². The normalized spacial score (nSPS) is 11.8. The fraction of sp³-hybridized carbons (Fsp3) is 0.0800. The van der Waals surface area contributed by atoms with E-state index in [1.54, 1.807) is 24.3 Å². The first kappa shape index (κ1) is 23.6. The average molecular weight is 512 g/mol. The fourth-order valence-electron chi connectivity index (χ4n) is 3.81. The van der Waals surface area contributed by atoms with Crippen LogP contribution < -0.4 is 10.9 Å². The van der Waals surface area contributed by atoms with Crippen LogP contribution in [0.3, 0.4) is 0 Å². The SMILES string of the molecule is O=C(CSc1nc2c([nH]c3ccccc32)c(=O)n1-c1ccc(F)cc1)Nc1ccccc1C(F)(F)F. The summed E-state index contributed by atoms with van der Waals surface area (Å²) < 4.78 is 54.6. The highest BCUT2D eigenvalue weighted by Gasteiger charge is 2.33. The Kier molecular flexibility index (Phi) is 6.00. The number of fused-ring (bicyclic) bond motifs is 3. The number of halogens is 4. The van der Waals surface area contributed by atoms with Gasteiger partial charge in [0, 0.05) is 10.9 Å². The Morgan fingerprint density at radius 2 is 1.69 bits per heavy atom. The molecule has 2 aromatic heterocycles. The summed E-state index contributed by atoms with van der Waals surface area (Å²) in [6.45, 7) is 0. The van der Waals surface area contributed by atoms with Gasteiger partial charge < -0.3 is 10.3 Å². The van der Waals surface area contributed by atoms with Gasteiger partial charge in [-0.25, -0.2) is 9.37 Å². The van der Waals surface area contributed by atoms with E-state index in [2.05, 4.69) is 15.3 Å². The number of H-pyrrole nitrogens is 1. The van der Waals surface area contributed by atoms with E-state index in [4.69, 9.17) is 0 Å². The molecule has 0 aliphatic rings. The molecule has 0 saturated carbocycles. The van der Waals surface area contributed by atoms with E-state index in [1.165, 1.54) is 41.0 Å². The summed E-state index contributed by atoms with van der Waals surface area (Å²) in [7, 11) is 0. The highest BCUT2D eigenvalue weighted by Crippen LogP contribution is 2.34. The standard InChI is InChI=1S/C25H16F4N4O2S/c26-14-9-11-15(12-10-14)33-23(35)22-21(16-5-1-3-7-18(16)31-22)32-24(33)36-13-20(34)30-19-8-4-2-6-17(19)25(27,28)29/h1-12,31H,13H2,(H,30,34). The molecule has 5 aromatic rings. The van der Waals surface area contributed by atoms with Crippen molar-refractivity contribution in [2.24, 2.45) is 0 Å². The van der Waals surface area contributed by atoms with Crippen LogP contribution in [-0.2, 0) is 11.0 Å². The van der Waals surface area contributed by atoms with Crippen LogP contribution >= 0.6 is 11.8 Å². The second kappa shape index (κ2) is 9.15. The van der Waals surface area contributed by atoms with Crippen LogP contribution in [0.2, 0.25) is 0 Å². The summed E-state index contributed by atoms with van der Waals surface area (Å²) in [5, 5.41) is 3.10. The Morgan fingerprint density at radius 3 is 2.44 bits per heavy atom. The van der Waals surface area contributed by atoms with Crippen LogP contribution in [0.15, 0.2) is 82.7 Å². The lowest BCUT2D eigenvalue weighted by atomic mass is 10.1. The first-order chi connectivity index (χ1) is 17.2. The summed E-state index contributed by atoms with van der Waals surface area (Å²) in [5.74, 6) is -1.53. The minimum absolute atomic E-state index is 0.128. The number of para-hydroxylation sites is 2. The second-order valence-electron chi connectivity index (χ2n) is 7.79. The third kappa shape index (κ3) is 4.44. The fourth-order valence-corrected chi connectivity index (χ4v) is 4.62. The van der Waals surface area contributed by atoms with Crippen LogP contribution in [0, 0.1) is 5.82 Å². The van der Waals surface area contributed by atoms with Gasteiger partial charge in [0.15, 0.2) is 5.16 Å². The zero-order valence-corrected chi connectivity index (χ0v) is 19.1. The smallest absolute Gasteiger partial charge is 0.349 e. The van der Waals surface area contributed by atoms with Crippen molar-refractivity contribution in [2.45, 2.75) is 11.3 Å². The molecule has 5 rings (SSSR count). The predicted molar refractivity (Wildman–Crippen MR) is 130 cm³/mol. The van der Waals surface area contributed by atoms with Crippen molar-refractivity contribution in [3.05, 3.63) is 94.5 Å². The molecule has 0 aliphatic heterocycles. The number of aromatic nitrogens is 3. The van der Waals surface area contributed by atoms with Gasteiger partial charge in [0.2, 0.25) is 5.91 Å². The number of aromatic amines is 1. The maximum atomic E-state index is 13.5. The second-order valence-corrected chi connectivity index (χ2v) is 8.73. The molecular formula is C25H16F4N4O2S. The maximum Gasteiger partial charge on any atom is 0.418 e. The van der Waals surface area contributed by atoms with E-state index in [-0.39, 0.29) is 22.1 Å². The minimum Gasteiger partial charge on any atom is -0.349 e. The molecule has 0 unspecified atom stereocenters. The number of nitrogens with zero attached hydrogens (tertiary/aromatic N) is 2. The molecule has 0 bridgehead atoms. The number of hydrogen-bond acceptors (Lipinski definition) is 4. The van der Waals surface area contributed by atoms with Gasteiger partial charge in [-0.1, -0.05) is 42.1 Å². The molecule has 0 atom stereocenters. The van der Waals surface area contributed by atoms with E-state index >= 15 is 0 Å². The average Bonchev–Trinajstić information content (AvgIpc) is 3.22. The zero-order chi connectivity index (χ0) is 25.4. The lowest BCUT2D eigenvalue weighted by molar-refractivity contribution is -0.137. The highest BCUT2D eigenvalue weighted by atomic mass is 32.2. The molecule has 0 aliphatic carbocycles. The van der Waals surface area contributed by atoms with E-state index < -0.39 is 29.0 Å². The Morgan fingerprint density at radius 1 is 1.00 bits per heavy atom. The van der Waals surface area contributed by atoms with Crippen LogP contribution in [0.25, 0.3) is 27.6 Å². The third-order valence-corrected chi connectivity index (χ3v) is 6.36. The molecule has 36 heavy (non-hydrogen) atoms. The summed E-state index contributed by atoms with van der Waals surface area (Å²) in [4.78, 5) is 33.7. The number of nitrogens with one attached hydrogen (secondary N) is 2. The number of thioether (sulfide) groups is 1. The first-order valence-corrected chi connectivity index (χ1v) is 11.6. The lowest BCUT2D eigenvalue weighted by Gasteiger charge is -2.14. The van der Waals surface area contributed by atoms with Gasteiger partial charge in [0.1, 0.15) is 16.9 Å². The van der Waals surface area contributed by atoms with Crippen LogP contribution in [0.1, 0.15) is 5.56 Å². The largest absolute Gasteiger partial charge is 0.418 e. The Hall–Kier alpha value is -4.12. The van der Waals surface area contributed by atoms with E-state index in [0.717, 1.165) is 23.9 Å². The molecule has 6 nitrogen and oxygen atoms in total. The number of carbonyl (C=O) groups is 1. The molecule has 0 radical (unpaired) electrons. The molecular weight excluding hydrogens is 496 g/mol. The molecule has 3 aromatic carbocycles. The monoisotopic (exact) mass is 512 g/mol. The number of carbonyl (C=O) groups excluding carboxylic acids is 1. The van der Waals surface area contributed by atoms with Crippen molar-refractivity contribution in [3.63, 3.8) is 0 Å². The van der Waals surface area contributed by atoms with Gasteiger partial charge in [0.05, 0.1) is 22.7 Å². The van der Waals surface area contributed by atoms with Crippen molar-refractivity contribution >= 4 is 45.3 Å². The van der Waals surface area contributed by atoms with Gasteiger partial charge >= 0.3 is 6.18 Å². The van der Waals surface area contributed by atoms with Gasteiger partial charge in [-0.05, 0) is 42.5 Å². The van der Waals surface area contributed by atoms with Gasteiger partial charge in [-0.2, -0.15) is 13.2 Å². The summed E-state index contributed by atoms with van der Waals surface area (Å²) >= 11 is 0.879. The molecule has 2 N–H and O–H groups in total. The molecule has 0 fully saturated rings. The highest BCUT2D eigenvalue weighted by molar-refractivity contribution is 7.99. The molecule has 11 heteroatoms. The van der Waals surface area contributed by atoms with Crippen molar-refractivity contribution < 1.29 is 22.4 Å². The van der Waals surface area contributed by atoms with Crippen LogP contribution in [-0.4, -0.2) is 26.2 Å². The lowest BCUT2D eigenvalue weighted by Crippen LogP contribution is -2.23. The van der Waals surface area contributed by atoms with E-state index in [0.29, 0.717) is 22.1 Å². The zero-order valence-electron chi connectivity index (χ0n) is 18.3. The topological polar surface area (TPSA) is 79.8 Å². The van der Waals surface area contributed by atoms with E-state index in [1.807, 2.05) is 0 Å². The predicted octanol–water partition coefficient (Wildman–Crippen LogP) is 5.76. The number of amides is 1. The number of hydrogen-bond donors (Lipinski definition) is 2. The summed E-state index contributed by atoms with van der Waals surface area (Å²) in [6, 6.07) is 17.0. The van der Waals surface area contributed by atoms with Gasteiger partial charge in [-0.15, -0.1) is 0 Å². The van der Waals surface area contributed by atoms with Crippen molar-refractivity contribution in [2.75, 3.05) is 11.1 Å². The van der Waals surface area contributed by atoms with E-state index in [9.17, 15) is 27.2 Å². The molecule has 2 heterocycles. The molecule has 1 amide bonds. The minimum atomic E-state index is -4.64. The number of anilines is 1. The van der Waals surface area contributed by atoms with Gasteiger partial charge in [0.25, 0.3) is 5.56 Å². The van der Waals surface area contributed by atoms with Crippen molar-refractivity contribution in [1.82, 2.24) is 14.5 Å². The quantitative estimate of drug-likeness (QED) is 0.178. The Labute approximate surface area is 205 Å². The molecule has 0 saturated heterocycles. The van der Waals surface area contributed by atoms with Crippen molar-refractivity contribution in [3.8, 4) is 5.69 Å². The number of alkyl halides is 3. The molecule has 0 spiro atoms. The van der Waals surface area contributed by atoms with Crippen LogP contribution in [0.4, 0.5) is 23.2 Å². The summed E-state index contributed by atoms with van der Waals surface area (Å²) in [5.41, 5.74) is -0.177. The number of rotatable bonds is 5.